The third-order valence-electron chi connectivity index (χ3n) is 4.86. The maximum absolute atomic E-state index is 3.57. The third-order valence-corrected chi connectivity index (χ3v) is 4.86. The predicted molar refractivity (Wildman–Crippen MR) is 71.9 cm³/mol. The average molecular weight is 229 g/mol. The maximum Gasteiger partial charge on any atom is 0.0138 e. The van der Waals surface area contributed by atoms with Crippen molar-refractivity contribution in [1.29, 1.82) is 0 Å². The molecule has 0 amide bonds. The summed E-state index contributed by atoms with van der Waals surface area (Å²) in [5.74, 6) is 3.05. The molecule has 2 aliphatic carbocycles. The number of rotatable bonds is 4. The van der Waals surface area contributed by atoms with Gasteiger partial charge in [0.05, 0.1) is 0 Å². The van der Waals surface area contributed by atoms with E-state index in [1.54, 1.807) is 0 Å². The van der Waals surface area contributed by atoms with E-state index in [4.69, 9.17) is 0 Å². The summed E-state index contributed by atoms with van der Waals surface area (Å²) in [6, 6.07) is 11.6. The molecule has 0 aromatic heterocycles. The van der Waals surface area contributed by atoms with E-state index in [0.29, 0.717) is 6.04 Å². The van der Waals surface area contributed by atoms with Gasteiger partial charge in [0, 0.05) is 6.04 Å². The molecule has 2 aliphatic rings. The van der Waals surface area contributed by atoms with Crippen LogP contribution in [0.15, 0.2) is 30.3 Å². The fourth-order valence-corrected chi connectivity index (χ4v) is 3.94. The SMILES string of the molecule is CNC(Cc1ccccc1)C1C2CCCCC21. The zero-order valence-corrected chi connectivity index (χ0v) is 10.7. The Bertz CT molecular complexity index is 347. The normalized spacial score (nSPS) is 32.9. The molecule has 0 radical (unpaired) electrons. The Morgan fingerprint density at radius 1 is 1.12 bits per heavy atom. The molecule has 2 fully saturated rings. The molecule has 0 bridgehead atoms. The Morgan fingerprint density at radius 2 is 1.76 bits per heavy atom. The zero-order valence-electron chi connectivity index (χ0n) is 10.7. The van der Waals surface area contributed by atoms with Gasteiger partial charge in [0.1, 0.15) is 0 Å². The van der Waals surface area contributed by atoms with Gasteiger partial charge in [0.2, 0.25) is 0 Å². The van der Waals surface area contributed by atoms with Crippen LogP contribution in [0.3, 0.4) is 0 Å². The van der Waals surface area contributed by atoms with Crippen LogP contribution in [0.5, 0.6) is 0 Å². The van der Waals surface area contributed by atoms with E-state index in [9.17, 15) is 0 Å². The van der Waals surface area contributed by atoms with Crippen LogP contribution < -0.4 is 5.32 Å². The molecular formula is C16H23N. The molecule has 92 valence electrons. The topological polar surface area (TPSA) is 12.0 Å². The highest BCUT2D eigenvalue weighted by Gasteiger charge is 2.53. The van der Waals surface area contributed by atoms with Crippen LogP contribution in [0.25, 0.3) is 0 Å². The lowest BCUT2D eigenvalue weighted by molar-refractivity contribution is 0.460. The number of fused-ring (bicyclic) bond motifs is 1. The van der Waals surface area contributed by atoms with Crippen LogP contribution >= 0.6 is 0 Å². The molecule has 1 nitrogen and oxygen atoms in total. The summed E-state index contributed by atoms with van der Waals surface area (Å²) in [4.78, 5) is 0. The van der Waals surface area contributed by atoms with Gasteiger partial charge in [-0.2, -0.15) is 0 Å². The van der Waals surface area contributed by atoms with Gasteiger partial charge in [-0.15, -0.1) is 0 Å². The molecule has 1 aromatic carbocycles. The van der Waals surface area contributed by atoms with E-state index in [-0.39, 0.29) is 0 Å². The fraction of sp³-hybridized carbons (Fsp3) is 0.625. The standard InChI is InChI=1S/C16H23N/c1-17-15(11-12-7-3-2-4-8-12)16-13-9-5-6-10-14(13)16/h2-4,7-8,13-17H,5-6,9-11H2,1H3. The fourth-order valence-electron chi connectivity index (χ4n) is 3.94. The highest BCUT2D eigenvalue weighted by Crippen LogP contribution is 2.57. The summed E-state index contributed by atoms with van der Waals surface area (Å²) in [5.41, 5.74) is 1.48. The van der Waals surface area contributed by atoms with Crippen molar-refractivity contribution in [3.63, 3.8) is 0 Å². The minimum absolute atomic E-state index is 0.700. The molecule has 3 rings (SSSR count). The van der Waals surface area contributed by atoms with Crippen molar-refractivity contribution in [2.45, 2.75) is 38.1 Å². The quantitative estimate of drug-likeness (QED) is 0.835. The number of hydrogen-bond donors (Lipinski definition) is 1. The van der Waals surface area contributed by atoms with Gasteiger partial charge in [-0.25, -0.2) is 0 Å². The Balaban J connectivity index is 1.64. The summed E-state index contributed by atoms with van der Waals surface area (Å²) in [6.07, 6.45) is 7.12. The van der Waals surface area contributed by atoms with E-state index >= 15 is 0 Å². The van der Waals surface area contributed by atoms with Gasteiger partial charge in [-0.3, -0.25) is 0 Å². The summed E-state index contributed by atoms with van der Waals surface area (Å²) >= 11 is 0. The molecular weight excluding hydrogens is 206 g/mol. The van der Waals surface area contributed by atoms with Crippen LogP contribution in [0, 0.1) is 17.8 Å². The molecule has 0 aliphatic heterocycles. The van der Waals surface area contributed by atoms with Crippen molar-refractivity contribution in [3.05, 3.63) is 35.9 Å². The van der Waals surface area contributed by atoms with E-state index < -0.39 is 0 Å². The largest absolute Gasteiger partial charge is 0.316 e. The Labute approximate surface area is 105 Å². The number of likely N-dealkylation sites (N-methyl/N-ethyl adjacent to an activating group) is 1. The summed E-state index contributed by atoms with van der Waals surface area (Å²) in [6.45, 7) is 0. The molecule has 3 atom stereocenters. The van der Waals surface area contributed by atoms with E-state index in [1.807, 2.05) is 0 Å². The Morgan fingerprint density at radius 3 is 2.35 bits per heavy atom. The van der Waals surface area contributed by atoms with Gasteiger partial charge in [0.15, 0.2) is 0 Å². The second kappa shape index (κ2) is 4.81. The molecule has 0 heterocycles. The van der Waals surface area contributed by atoms with Crippen LogP contribution in [0.1, 0.15) is 31.2 Å². The molecule has 1 N–H and O–H groups in total. The van der Waals surface area contributed by atoms with E-state index in [1.165, 1.54) is 37.7 Å². The van der Waals surface area contributed by atoms with Crippen LogP contribution in [-0.4, -0.2) is 13.1 Å². The van der Waals surface area contributed by atoms with Crippen LogP contribution in [-0.2, 0) is 6.42 Å². The van der Waals surface area contributed by atoms with Crippen molar-refractivity contribution < 1.29 is 0 Å². The van der Waals surface area contributed by atoms with Crippen molar-refractivity contribution in [2.75, 3.05) is 7.05 Å². The van der Waals surface area contributed by atoms with Crippen molar-refractivity contribution >= 4 is 0 Å². The molecule has 0 spiro atoms. The first-order valence-electron chi connectivity index (χ1n) is 7.11. The van der Waals surface area contributed by atoms with Gasteiger partial charge < -0.3 is 5.32 Å². The molecule has 3 unspecified atom stereocenters. The Hall–Kier alpha value is -0.820. The molecule has 17 heavy (non-hydrogen) atoms. The summed E-state index contributed by atoms with van der Waals surface area (Å²) in [5, 5.41) is 3.57. The molecule has 2 saturated carbocycles. The van der Waals surface area contributed by atoms with Crippen molar-refractivity contribution in [2.24, 2.45) is 17.8 Å². The minimum Gasteiger partial charge on any atom is -0.316 e. The lowest BCUT2D eigenvalue weighted by Crippen LogP contribution is -2.31. The smallest absolute Gasteiger partial charge is 0.0138 e. The lowest BCUT2D eigenvalue weighted by atomic mass is 10.00. The maximum atomic E-state index is 3.57. The number of nitrogens with one attached hydrogen (secondary N) is 1. The van der Waals surface area contributed by atoms with Gasteiger partial charge in [-0.1, -0.05) is 43.2 Å². The predicted octanol–water partition coefficient (Wildman–Crippen LogP) is 3.25. The van der Waals surface area contributed by atoms with E-state index in [2.05, 4.69) is 42.7 Å². The van der Waals surface area contributed by atoms with Gasteiger partial charge in [0.25, 0.3) is 0 Å². The second-order valence-corrected chi connectivity index (χ2v) is 5.77. The molecule has 0 saturated heterocycles. The Kier molecular flexibility index (Phi) is 3.19. The van der Waals surface area contributed by atoms with Gasteiger partial charge in [-0.05, 0) is 49.6 Å². The summed E-state index contributed by atoms with van der Waals surface area (Å²) < 4.78 is 0. The van der Waals surface area contributed by atoms with Crippen molar-refractivity contribution in [3.8, 4) is 0 Å². The lowest BCUT2D eigenvalue weighted by Gasteiger charge is -2.16. The first kappa shape index (κ1) is 11.3. The molecule has 1 heteroatoms. The first-order valence-corrected chi connectivity index (χ1v) is 7.11. The van der Waals surface area contributed by atoms with E-state index in [0.717, 1.165) is 17.8 Å². The van der Waals surface area contributed by atoms with Crippen molar-refractivity contribution in [1.82, 2.24) is 5.32 Å². The van der Waals surface area contributed by atoms with Crippen LogP contribution in [0.4, 0.5) is 0 Å². The minimum atomic E-state index is 0.700. The number of hydrogen-bond acceptors (Lipinski definition) is 1. The highest BCUT2D eigenvalue weighted by atomic mass is 14.9. The molecule has 1 aromatic rings. The highest BCUT2D eigenvalue weighted by molar-refractivity contribution is 5.18. The van der Waals surface area contributed by atoms with Gasteiger partial charge >= 0.3 is 0 Å². The average Bonchev–Trinajstić information content (AvgIpc) is 3.11. The zero-order chi connectivity index (χ0) is 11.7. The number of benzene rings is 1. The summed E-state index contributed by atoms with van der Waals surface area (Å²) in [7, 11) is 2.14. The third kappa shape index (κ3) is 2.26. The second-order valence-electron chi connectivity index (χ2n) is 5.77. The van der Waals surface area contributed by atoms with Crippen LogP contribution in [0.2, 0.25) is 0 Å². The monoisotopic (exact) mass is 229 g/mol. The first-order chi connectivity index (χ1) is 8.40.